The Bertz CT molecular complexity index is 243. The maximum Gasteiger partial charge on any atom is 0.0281 e. The standard InChI is InChI=1S/C16H34N2/c1-8-16(9-2)10-14(5)11-18(13(3)4)15(16)12-17(6)7/h13-15H,8-12H2,1-7H3. The van der Waals surface area contributed by atoms with E-state index in [2.05, 4.69) is 58.5 Å². The third-order valence-electron chi connectivity index (χ3n) is 4.99. The number of likely N-dealkylation sites (N-methyl/N-ethyl adjacent to an activating group) is 1. The summed E-state index contributed by atoms with van der Waals surface area (Å²) in [6.45, 7) is 14.4. The second kappa shape index (κ2) is 6.38. The van der Waals surface area contributed by atoms with Gasteiger partial charge in [0.15, 0.2) is 0 Å². The van der Waals surface area contributed by atoms with Crippen molar-refractivity contribution < 1.29 is 0 Å². The van der Waals surface area contributed by atoms with Gasteiger partial charge < -0.3 is 4.90 Å². The van der Waals surface area contributed by atoms with Crippen molar-refractivity contribution in [1.29, 1.82) is 0 Å². The van der Waals surface area contributed by atoms with Crippen LogP contribution in [0.4, 0.5) is 0 Å². The van der Waals surface area contributed by atoms with E-state index in [0.29, 0.717) is 11.5 Å². The van der Waals surface area contributed by atoms with Crippen molar-refractivity contribution in [3.63, 3.8) is 0 Å². The van der Waals surface area contributed by atoms with E-state index < -0.39 is 0 Å². The molecule has 1 saturated heterocycles. The molecule has 0 aromatic rings. The number of piperidine rings is 1. The number of nitrogens with zero attached hydrogens (tertiary/aromatic N) is 2. The van der Waals surface area contributed by atoms with E-state index in [4.69, 9.17) is 0 Å². The molecule has 2 atom stereocenters. The highest BCUT2D eigenvalue weighted by Gasteiger charge is 2.44. The Balaban J connectivity index is 3.02. The van der Waals surface area contributed by atoms with Crippen molar-refractivity contribution in [3.05, 3.63) is 0 Å². The maximum atomic E-state index is 2.77. The van der Waals surface area contributed by atoms with E-state index >= 15 is 0 Å². The summed E-state index contributed by atoms with van der Waals surface area (Å²) in [5, 5.41) is 0. The van der Waals surface area contributed by atoms with E-state index in [1.807, 2.05) is 0 Å². The summed E-state index contributed by atoms with van der Waals surface area (Å²) >= 11 is 0. The molecule has 0 aromatic carbocycles. The fourth-order valence-corrected chi connectivity index (χ4v) is 3.96. The van der Waals surface area contributed by atoms with Gasteiger partial charge in [-0.2, -0.15) is 0 Å². The molecule has 1 fully saturated rings. The molecular formula is C16H34N2. The van der Waals surface area contributed by atoms with E-state index in [1.54, 1.807) is 0 Å². The van der Waals surface area contributed by atoms with Crippen LogP contribution >= 0.6 is 0 Å². The van der Waals surface area contributed by atoms with Gasteiger partial charge in [-0.3, -0.25) is 4.90 Å². The van der Waals surface area contributed by atoms with Crippen molar-refractivity contribution >= 4 is 0 Å². The SMILES string of the molecule is CCC1(CC)CC(C)CN(C(C)C)C1CN(C)C. The Morgan fingerprint density at radius 3 is 2.17 bits per heavy atom. The first-order valence-electron chi connectivity index (χ1n) is 7.76. The molecule has 108 valence electrons. The molecular weight excluding hydrogens is 220 g/mol. The molecule has 0 aromatic heterocycles. The van der Waals surface area contributed by atoms with Crippen LogP contribution < -0.4 is 0 Å². The lowest BCUT2D eigenvalue weighted by atomic mass is 9.66. The Morgan fingerprint density at radius 2 is 1.78 bits per heavy atom. The molecule has 1 heterocycles. The van der Waals surface area contributed by atoms with Crippen LogP contribution in [0.3, 0.4) is 0 Å². The second-order valence-corrected chi connectivity index (χ2v) is 6.95. The second-order valence-electron chi connectivity index (χ2n) is 6.95. The van der Waals surface area contributed by atoms with Gasteiger partial charge in [0.05, 0.1) is 0 Å². The molecule has 0 radical (unpaired) electrons. The molecule has 0 spiro atoms. The monoisotopic (exact) mass is 254 g/mol. The predicted molar refractivity (Wildman–Crippen MR) is 81.0 cm³/mol. The van der Waals surface area contributed by atoms with Gasteiger partial charge in [0.2, 0.25) is 0 Å². The Kier molecular flexibility index (Phi) is 5.67. The first-order valence-corrected chi connectivity index (χ1v) is 7.76. The lowest BCUT2D eigenvalue weighted by molar-refractivity contribution is -0.0463. The molecule has 1 rings (SSSR count). The number of hydrogen-bond donors (Lipinski definition) is 0. The third kappa shape index (κ3) is 3.27. The molecule has 0 N–H and O–H groups in total. The normalized spacial score (nSPS) is 29.2. The number of rotatable bonds is 5. The van der Waals surface area contributed by atoms with Gasteiger partial charge in [0.25, 0.3) is 0 Å². The molecule has 0 aliphatic carbocycles. The van der Waals surface area contributed by atoms with Gasteiger partial charge in [-0.25, -0.2) is 0 Å². The average Bonchev–Trinajstić information content (AvgIpc) is 2.30. The van der Waals surface area contributed by atoms with Gasteiger partial charge in [0.1, 0.15) is 0 Å². The molecule has 1 aliphatic heterocycles. The number of hydrogen-bond acceptors (Lipinski definition) is 2. The lowest BCUT2D eigenvalue weighted by Crippen LogP contribution is -2.60. The van der Waals surface area contributed by atoms with Crippen molar-refractivity contribution in [2.75, 3.05) is 27.2 Å². The summed E-state index contributed by atoms with van der Waals surface area (Å²) in [5.74, 6) is 0.839. The molecule has 18 heavy (non-hydrogen) atoms. The summed E-state index contributed by atoms with van der Waals surface area (Å²) in [7, 11) is 4.43. The Hall–Kier alpha value is -0.0800. The van der Waals surface area contributed by atoms with E-state index in [1.165, 1.54) is 32.4 Å². The van der Waals surface area contributed by atoms with Crippen LogP contribution in [-0.4, -0.2) is 49.1 Å². The van der Waals surface area contributed by atoms with Crippen LogP contribution in [0.2, 0.25) is 0 Å². The maximum absolute atomic E-state index is 2.77. The topological polar surface area (TPSA) is 6.48 Å². The van der Waals surface area contributed by atoms with Gasteiger partial charge >= 0.3 is 0 Å². The summed E-state index contributed by atoms with van der Waals surface area (Å²) in [5.41, 5.74) is 0.520. The zero-order chi connectivity index (χ0) is 13.9. The Morgan fingerprint density at radius 1 is 1.22 bits per heavy atom. The van der Waals surface area contributed by atoms with Crippen LogP contribution in [0.25, 0.3) is 0 Å². The Labute approximate surface area is 115 Å². The first-order chi connectivity index (χ1) is 8.36. The fourth-order valence-electron chi connectivity index (χ4n) is 3.96. The zero-order valence-electron chi connectivity index (χ0n) is 13.7. The highest BCUT2D eigenvalue weighted by Crippen LogP contribution is 2.44. The van der Waals surface area contributed by atoms with Gasteiger partial charge in [-0.15, -0.1) is 0 Å². The third-order valence-corrected chi connectivity index (χ3v) is 4.99. The van der Waals surface area contributed by atoms with Crippen LogP contribution in [0.5, 0.6) is 0 Å². The van der Waals surface area contributed by atoms with Crippen molar-refractivity contribution in [1.82, 2.24) is 9.80 Å². The summed E-state index contributed by atoms with van der Waals surface area (Å²) in [4.78, 5) is 5.14. The average molecular weight is 254 g/mol. The molecule has 2 unspecified atom stereocenters. The zero-order valence-corrected chi connectivity index (χ0v) is 13.7. The highest BCUT2D eigenvalue weighted by atomic mass is 15.2. The molecule has 0 saturated carbocycles. The van der Waals surface area contributed by atoms with Crippen LogP contribution in [0.15, 0.2) is 0 Å². The van der Waals surface area contributed by atoms with Crippen molar-refractivity contribution in [2.45, 2.75) is 66.0 Å². The predicted octanol–water partition coefficient (Wildman–Crippen LogP) is 3.47. The minimum atomic E-state index is 0.520. The number of likely N-dealkylation sites (tertiary alicyclic amines) is 1. The molecule has 0 bridgehead atoms. The van der Waals surface area contributed by atoms with Gasteiger partial charge in [0, 0.05) is 25.2 Å². The lowest BCUT2D eigenvalue weighted by Gasteiger charge is -2.54. The van der Waals surface area contributed by atoms with Crippen molar-refractivity contribution in [3.8, 4) is 0 Å². The van der Waals surface area contributed by atoms with Crippen molar-refractivity contribution in [2.24, 2.45) is 11.3 Å². The molecule has 2 heteroatoms. The van der Waals surface area contributed by atoms with E-state index in [-0.39, 0.29) is 0 Å². The molecule has 2 nitrogen and oxygen atoms in total. The summed E-state index contributed by atoms with van der Waals surface area (Å²) in [6, 6.07) is 1.38. The van der Waals surface area contributed by atoms with Gasteiger partial charge in [-0.05, 0) is 58.5 Å². The fraction of sp³-hybridized carbons (Fsp3) is 1.00. The largest absolute Gasteiger partial charge is 0.308 e. The van der Waals surface area contributed by atoms with Crippen LogP contribution in [0.1, 0.15) is 53.9 Å². The molecule has 1 aliphatic rings. The summed E-state index contributed by atoms with van der Waals surface area (Å²) in [6.07, 6.45) is 4.03. The smallest absolute Gasteiger partial charge is 0.0281 e. The molecule has 0 amide bonds. The highest BCUT2D eigenvalue weighted by molar-refractivity contribution is 4.98. The van der Waals surface area contributed by atoms with Crippen LogP contribution in [-0.2, 0) is 0 Å². The van der Waals surface area contributed by atoms with Crippen LogP contribution in [0, 0.1) is 11.3 Å². The van der Waals surface area contributed by atoms with E-state index in [9.17, 15) is 0 Å². The van der Waals surface area contributed by atoms with Gasteiger partial charge in [-0.1, -0.05) is 20.8 Å². The quantitative estimate of drug-likeness (QED) is 0.741. The summed E-state index contributed by atoms with van der Waals surface area (Å²) < 4.78 is 0. The minimum Gasteiger partial charge on any atom is -0.308 e. The van der Waals surface area contributed by atoms with E-state index in [0.717, 1.165) is 12.0 Å². The minimum absolute atomic E-state index is 0.520. The first kappa shape index (κ1) is 16.0.